The molecule has 0 aromatic heterocycles. The number of carbonyl (C=O) groups is 1. The van der Waals surface area contributed by atoms with E-state index < -0.39 is 22.0 Å². The number of nitrogens with one attached hydrogen (secondary N) is 1. The summed E-state index contributed by atoms with van der Waals surface area (Å²) < 4.78 is 32.6. The second kappa shape index (κ2) is 10.8. The van der Waals surface area contributed by atoms with Crippen LogP contribution in [-0.2, 0) is 10.0 Å². The van der Waals surface area contributed by atoms with Crippen molar-refractivity contribution in [2.24, 2.45) is 11.7 Å². The van der Waals surface area contributed by atoms with E-state index in [9.17, 15) is 23.4 Å². The molecule has 0 saturated carbocycles. The Morgan fingerprint density at radius 1 is 1.12 bits per heavy atom. The maximum absolute atomic E-state index is 12.8. The zero-order valence-electron chi connectivity index (χ0n) is 17.7. The van der Waals surface area contributed by atoms with Gasteiger partial charge in [-0.1, -0.05) is 0 Å². The summed E-state index contributed by atoms with van der Waals surface area (Å²) in [6.45, 7) is 2.00. The Labute approximate surface area is 187 Å². The SMILES string of the molecule is NC(=O)c1ccc(S(=O)(=O)N2CCC(CNC[C@H](O)COc3ccc(O)cc3)CC2)cc1. The van der Waals surface area contributed by atoms with Crippen molar-refractivity contribution >= 4 is 15.9 Å². The lowest BCUT2D eigenvalue weighted by Gasteiger charge is -2.31. The van der Waals surface area contributed by atoms with Gasteiger partial charge in [-0.25, -0.2) is 8.42 Å². The first-order valence-electron chi connectivity index (χ1n) is 10.5. The zero-order chi connectivity index (χ0) is 23.1. The van der Waals surface area contributed by atoms with Gasteiger partial charge in [-0.2, -0.15) is 4.31 Å². The number of sulfonamides is 1. The Bertz CT molecular complexity index is 987. The molecule has 2 aromatic rings. The molecule has 10 heteroatoms. The van der Waals surface area contributed by atoms with Crippen LogP contribution in [0.15, 0.2) is 53.4 Å². The van der Waals surface area contributed by atoms with Crippen LogP contribution in [0.2, 0.25) is 0 Å². The number of ether oxygens (including phenoxy) is 1. The Balaban J connectivity index is 1.38. The van der Waals surface area contributed by atoms with Gasteiger partial charge < -0.3 is 26.0 Å². The molecule has 0 spiro atoms. The maximum atomic E-state index is 12.8. The Kier molecular flexibility index (Phi) is 8.08. The van der Waals surface area contributed by atoms with E-state index in [0.29, 0.717) is 50.7 Å². The summed E-state index contributed by atoms with van der Waals surface area (Å²) in [4.78, 5) is 11.3. The minimum atomic E-state index is -3.61. The van der Waals surface area contributed by atoms with Crippen molar-refractivity contribution in [2.45, 2.75) is 23.8 Å². The lowest BCUT2D eigenvalue weighted by atomic mass is 9.98. The number of nitrogens with zero attached hydrogens (tertiary/aromatic N) is 1. The number of piperidine rings is 1. The van der Waals surface area contributed by atoms with Crippen molar-refractivity contribution in [1.29, 1.82) is 0 Å². The first-order chi connectivity index (χ1) is 15.3. The number of hydrogen-bond acceptors (Lipinski definition) is 7. The fraction of sp³-hybridized carbons (Fsp3) is 0.409. The number of aliphatic hydroxyl groups is 1. The van der Waals surface area contributed by atoms with E-state index in [1.54, 1.807) is 12.1 Å². The minimum absolute atomic E-state index is 0.128. The maximum Gasteiger partial charge on any atom is 0.248 e. The summed E-state index contributed by atoms with van der Waals surface area (Å²) >= 11 is 0. The van der Waals surface area contributed by atoms with Crippen molar-refractivity contribution in [3.8, 4) is 11.5 Å². The Morgan fingerprint density at radius 2 is 1.75 bits per heavy atom. The first kappa shape index (κ1) is 24.0. The summed E-state index contributed by atoms with van der Waals surface area (Å²) in [7, 11) is -3.61. The van der Waals surface area contributed by atoms with E-state index in [1.165, 1.54) is 40.7 Å². The Morgan fingerprint density at radius 3 is 2.34 bits per heavy atom. The van der Waals surface area contributed by atoms with E-state index in [-0.39, 0.29) is 22.8 Å². The van der Waals surface area contributed by atoms with Gasteiger partial charge in [-0.05, 0) is 73.8 Å². The summed E-state index contributed by atoms with van der Waals surface area (Å²) in [6, 6.07) is 11.9. The number of phenolic OH excluding ortho intramolecular Hbond substituents is 1. The molecule has 32 heavy (non-hydrogen) atoms. The quantitative estimate of drug-likeness (QED) is 0.410. The van der Waals surface area contributed by atoms with E-state index in [2.05, 4.69) is 5.32 Å². The summed E-state index contributed by atoms with van der Waals surface area (Å²) in [5, 5.41) is 22.5. The number of amides is 1. The molecule has 0 unspecified atom stereocenters. The highest BCUT2D eigenvalue weighted by Crippen LogP contribution is 2.24. The fourth-order valence-corrected chi connectivity index (χ4v) is 5.01. The topological polar surface area (TPSA) is 142 Å². The van der Waals surface area contributed by atoms with Gasteiger partial charge in [0, 0.05) is 25.2 Å². The third kappa shape index (κ3) is 6.42. The predicted octanol–water partition coefficient (Wildman–Crippen LogP) is 0.921. The number of aliphatic hydroxyl groups excluding tert-OH is 1. The predicted molar refractivity (Wildman–Crippen MR) is 119 cm³/mol. The summed E-state index contributed by atoms with van der Waals surface area (Å²) in [5.74, 6) is 0.433. The number of aromatic hydroxyl groups is 1. The van der Waals surface area contributed by atoms with E-state index in [0.717, 1.165) is 0 Å². The summed E-state index contributed by atoms with van der Waals surface area (Å²) in [6.07, 6.45) is 0.741. The number of hydrogen-bond donors (Lipinski definition) is 4. The van der Waals surface area contributed by atoms with E-state index in [1.807, 2.05) is 0 Å². The molecule has 1 saturated heterocycles. The average Bonchev–Trinajstić information content (AvgIpc) is 2.79. The second-order valence-electron chi connectivity index (χ2n) is 7.85. The first-order valence-corrected chi connectivity index (χ1v) is 11.9. The highest BCUT2D eigenvalue weighted by atomic mass is 32.2. The van der Waals surface area contributed by atoms with Crippen LogP contribution in [0, 0.1) is 5.92 Å². The largest absolute Gasteiger partial charge is 0.508 e. The van der Waals surface area contributed by atoms with E-state index >= 15 is 0 Å². The number of benzene rings is 2. The lowest BCUT2D eigenvalue weighted by Crippen LogP contribution is -2.42. The molecule has 0 bridgehead atoms. The Hall–Kier alpha value is -2.66. The van der Waals surface area contributed by atoms with Crippen molar-refractivity contribution in [3.63, 3.8) is 0 Å². The van der Waals surface area contributed by atoms with Crippen LogP contribution >= 0.6 is 0 Å². The van der Waals surface area contributed by atoms with Crippen LogP contribution in [0.3, 0.4) is 0 Å². The lowest BCUT2D eigenvalue weighted by molar-refractivity contribution is 0.1000. The molecule has 1 aliphatic heterocycles. The highest BCUT2D eigenvalue weighted by molar-refractivity contribution is 7.89. The molecule has 1 amide bonds. The van der Waals surface area contributed by atoms with E-state index in [4.69, 9.17) is 10.5 Å². The molecule has 0 aliphatic carbocycles. The van der Waals surface area contributed by atoms with Gasteiger partial charge in [0.2, 0.25) is 15.9 Å². The van der Waals surface area contributed by atoms with Crippen molar-refractivity contribution in [3.05, 3.63) is 54.1 Å². The summed E-state index contributed by atoms with van der Waals surface area (Å²) in [5.41, 5.74) is 5.47. The average molecular weight is 464 g/mol. The third-order valence-corrected chi connectivity index (χ3v) is 7.36. The minimum Gasteiger partial charge on any atom is -0.508 e. The van der Waals surface area contributed by atoms with Gasteiger partial charge in [0.25, 0.3) is 0 Å². The third-order valence-electron chi connectivity index (χ3n) is 5.44. The van der Waals surface area contributed by atoms with Gasteiger partial charge in [-0.15, -0.1) is 0 Å². The van der Waals surface area contributed by atoms with Crippen LogP contribution in [0.5, 0.6) is 11.5 Å². The fourth-order valence-electron chi connectivity index (χ4n) is 3.54. The van der Waals surface area contributed by atoms with Gasteiger partial charge in [-0.3, -0.25) is 4.79 Å². The molecule has 3 rings (SSSR count). The molecule has 9 nitrogen and oxygen atoms in total. The van der Waals surface area contributed by atoms with Gasteiger partial charge in [0.15, 0.2) is 0 Å². The van der Waals surface area contributed by atoms with Crippen molar-refractivity contribution < 1.29 is 28.2 Å². The standard InChI is InChI=1S/C22H29N3O6S/c23-22(28)17-1-7-21(8-2-17)32(29,30)25-11-9-16(10-12-25)13-24-14-19(27)15-31-20-5-3-18(26)4-6-20/h1-8,16,19,24,26-27H,9-15H2,(H2,23,28)/t19-/m0/s1. The van der Waals surface area contributed by atoms with Crippen molar-refractivity contribution in [2.75, 3.05) is 32.8 Å². The number of primary amides is 1. The van der Waals surface area contributed by atoms with Crippen LogP contribution in [0.1, 0.15) is 23.2 Å². The van der Waals surface area contributed by atoms with Gasteiger partial charge >= 0.3 is 0 Å². The van der Waals surface area contributed by atoms with Crippen LogP contribution in [0.4, 0.5) is 0 Å². The molecule has 1 aliphatic rings. The highest BCUT2D eigenvalue weighted by Gasteiger charge is 2.29. The van der Waals surface area contributed by atoms with Crippen molar-refractivity contribution in [1.82, 2.24) is 9.62 Å². The molecule has 174 valence electrons. The van der Waals surface area contributed by atoms with Crippen LogP contribution in [-0.4, -0.2) is 67.7 Å². The molecule has 1 atom stereocenters. The van der Waals surface area contributed by atoms with Gasteiger partial charge in [0.1, 0.15) is 24.2 Å². The molecule has 1 heterocycles. The van der Waals surface area contributed by atoms with Crippen LogP contribution < -0.4 is 15.8 Å². The normalized spacial score (nSPS) is 16.5. The molecular formula is C22H29N3O6S. The number of carbonyl (C=O) groups excluding carboxylic acids is 1. The monoisotopic (exact) mass is 463 g/mol. The van der Waals surface area contributed by atoms with Gasteiger partial charge in [0.05, 0.1) is 4.90 Å². The molecular weight excluding hydrogens is 434 g/mol. The molecule has 1 fully saturated rings. The molecule has 2 aromatic carbocycles. The number of rotatable bonds is 10. The molecule has 5 N–H and O–H groups in total. The molecule has 0 radical (unpaired) electrons. The number of phenols is 1. The van der Waals surface area contributed by atoms with Crippen LogP contribution in [0.25, 0.3) is 0 Å². The number of nitrogens with two attached hydrogens (primary N) is 1. The smallest absolute Gasteiger partial charge is 0.248 e. The zero-order valence-corrected chi connectivity index (χ0v) is 18.5. The second-order valence-corrected chi connectivity index (χ2v) is 9.79.